The van der Waals surface area contributed by atoms with Gasteiger partial charge in [0, 0.05) is 13.6 Å². The summed E-state index contributed by atoms with van der Waals surface area (Å²) >= 11 is 0. The van der Waals surface area contributed by atoms with Gasteiger partial charge in [-0.15, -0.1) is 0 Å². The maximum Gasteiger partial charge on any atom is 0.260 e. The van der Waals surface area contributed by atoms with Crippen LogP contribution in [0.4, 0.5) is 0 Å². The molecule has 3 heterocycles. The molecule has 20 heavy (non-hydrogen) atoms. The average Bonchev–Trinajstić information content (AvgIpc) is 3.09. The van der Waals surface area contributed by atoms with Crippen molar-refractivity contribution in [1.29, 1.82) is 0 Å². The molecule has 2 aromatic rings. The van der Waals surface area contributed by atoms with Gasteiger partial charge < -0.3 is 0 Å². The first-order valence-corrected chi connectivity index (χ1v) is 7.90. The van der Waals surface area contributed by atoms with Crippen LogP contribution in [0.3, 0.4) is 0 Å². The topological polar surface area (TPSA) is 96.8 Å². The van der Waals surface area contributed by atoms with Crippen molar-refractivity contribution < 1.29 is 8.42 Å². The van der Waals surface area contributed by atoms with Crippen molar-refractivity contribution in [1.82, 2.24) is 29.3 Å². The van der Waals surface area contributed by atoms with Crippen molar-refractivity contribution in [2.24, 2.45) is 7.05 Å². The molecule has 1 N–H and O–H groups in total. The lowest BCUT2D eigenvalue weighted by Crippen LogP contribution is -2.39. The number of aromatic nitrogens is 5. The van der Waals surface area contributed by atoms with Gasteiger partial charge in [-0.05, 0) is 18.9 Å². The Labute approximate surface area is 116 Å². The molecule has 1 atom stereocenters. The Bertz CT molecular complexity index is 678. The maximum atomic E-state index is 12.8. The number of hydrogen-bond acceptors (Lipinski definition) is 5. The van der Waals surface area contributed by atoms with E-state index < -0.39 is 10.0 Å². The molecular weight excluding hydrogens is 280 g/mol. The fraction of sp³-hybridized carbons (Fsp3) is 0.545. The summed E-state index contributed by atoms with van der Waals surface area (Å²) in [6.45, 7) is 0.485. The lowest BCUT2D eigenvalue weighted by molar-refractivity contribution is 0.245. The van der Waals surface area contributed by atoms with Crippen LogP contribution in [0.1, 0.15) is 31.1 Å². The van der Waals surface area contributed by atoms with Gasteiger partial charge in [-0.3, -0.25) is 9.78 Å². The van der Waals surface area contributed by atoms with Gasteiger partial charge in [-0.2, -0.15) is 14.5 Å². The Hall–Kier alpha value is -1.74. The van der Waals surface area contributed by atoms with E-state index in [9.17, 15) is 8.42 Å². The SMILES string of the molecule is Cn1nccc1S(=O)(=O)N1CCCC[C@H]1c1ncn[nH]1. The molecular formula is C11H16N6O2S. The van der Waals surface area contributed by atoms with Crippen molar-refractivity contribution in [2.45, 2.75) is 30.3 Å². The molecule has 9 heteroatoms. The number of nitrogens with one attached hydrogen (secondary N) is 1. The zero-order valence-corrected chi connectivity index (χ0v) is 11.9. The molecule has 3 rings (SSSR count). The van der Waals surface area contributed by atoms with Crippen molar-refractivity contribution in [3.63, 3.8) is 0 Å². The van der Waals surface area contributed by atoms with E-state index in [-0.39, 0.29) is 11.1 Å². The molecule has 0 aliphatic carbocycles. The van der Waals surface area contributed by atoms with Gasteiger partial charge in [0.05, 0.1) is 12.2 Å². The van der Waals surface area contributed by atoms with Gasteiger partial charge in [0.25, 0.3) is 10.0 Å². The first kappa shape index (κ1) is 13.3. The van der Waals surface area contributed by atoms with Gasteiger partial charge >= 0.3 is 0 Å². The maximum absolute atomic E-state index is 12.8. The third-order valence-corrected chi connectivity index (χ3v) is 5.54. The van der Waals surface area contributed by atoms with Crippen LogP contribution >= 0.6 is 0 Å². The Balaban J connectivity index is 2.00. The lowest BCUT2D eigenvalue weighted by Gasteiger charge is -2.32. The fourth-order valence-corrected chi connectivity index (χ4v) is 4.34. The fourth-order valence-electron chi connectivity index (χ4n) is 2.58. The predicted molar refractivity (Wildman–Crippen MR) is 70.1 cm³/mol. The summed E-state index contributed by atoms with van der Waals surface area (Å²) in [5.41, 5.74) is 0. The van der Waals surface area contributed by atoms with E-state index in [2.05, 4.69) is 20.3 Å². The van der Waals surface area contributed by atoms with E-state index in [1.807, 2.05) is 0 Å². The summed E-state index contributed by atoms with van der Waals surface area (Å²) in [7, 11) is -1.95. The van der Waals surface area contributed by atoms with E-state index in [1.165, 1.54) is 27.6 Å². The number of hydrogen-bond donors (Lipinski definition) is 1. The van der Waals surface area contributed by atoms with Crippen LogP contribution in [0.25, 0.3) is 0 Å². The number of piperidine rings is 1. The number of aryl methyl sites for hydroxylation is 1. The number of nitrogens with zero attached hydrogens (tertiary/aromatic N) is 5. The minimum absolute atomic E-state index is 0.198. The zero-order valence-electron chi connectivity index (χ0n) is 11.1. The highest BCUT2D eigenvalue weighted by molar-refractivity contribution is 7.89. The van der Waals surface area contributed by atoms with Crippen LogP contribution < -0.4 is 0 Å². The van der Waals surface area contributed by atoms with E-state index in [4.69, 9.17) is 0 Å². The smallest absolute Gasteiger partial charge is 0.260 e. The highest BCUT2D eigenvalue weighted by atomic mass is 32.2. The van der Waals surface area contributed by atoms with Crippen LogP contribution in [0, 0.1) is 0 Å². The van der Waals surface area contributed by atoms with Gasteiger partial charge in [0.15, 0.2) is 5.03 Å². The Morgan fingerprint density at radius 2 is 2.25 bits per heavy atom. The van der Waals surface area contributed by atoms with Crippen LogP contribution in [-0.4, -0.2) is 44.2 Å². The predicted octanol–water partition coefficient (Wildman–Crippen LogP) is 0.454. The Morgan fingerprint density at radius 1 is 1.40 bits per heavy atom. The van der Waals surface area contributed by atoms with Gasteiger partial charge in [0.1, 0.15) is 12.2 Å². The largest absolute Gasteiger partial charge is 0.262 e. The lowest BCUT2D eigenvalue weighted by atomic mass is 10.0. The molecule has 0 amide bonds. The molecule has 8 nitrogen and oxygen atoms in total. The third kappa shape index (κ3) is 2.12. The van der Waals surface area contributed by atoms with E-state index in [0.29, 0.717) is 12.4 Å². The second kappa shape index (κ2) is 4.98. The molecule has 0 bridgehead atoms. The summed E-state index contributed by atoms with van der Waals surface area (Å²) < 4.78 is 28.4. The molecule has 0 aromatic carbocycles. The van der Waals surface area contributed by atoms with Crippen molar-refractivity contribution in [3.8, 4) is 0 Å². The summed E-state index contributed by atoms with van der Waals surface area (Å²) in [6, 6.07) is 1.23. The van der Waals surface area contributed by atoms with Gasteiger partial charge in [-0.25, -0.2) is 13.4 Å². The summed E-state index contributed by atoms with van der Waals surface area (Å²) in [5.74, 6) is 0.593. The van der Waals surface area contributed by atoms with Gasteiger partial charge in [-0.1, -0.05) is 6.42 Å². The molecule has 2 aromatic heterocycles. The highest BCUT2D eigenvalue weighted by Crippen LogP contribution is 2.33. The Kier molecular flexibility index (Phi) is 3.30. The molecule has 1 saturated heterocycles. The van der Waals surface area contributed by atoms with Crippen LogP contribution in [0.15, 0.2) is 23.6 Å². The second-order valence-corrected chi connectivity index (χ2v) is 6.63. The molecule has 0 spiro atoms. The molecule has 1 fully saturated rings. The van der Waals surface area contributed by atoms with Crippen LogP contribution in [0.2, 0.25) is 0 Å². The van der Waals surface area contributed by atoms with E-state index >= 15 is 0 Å². The quantitative estimate of drug-likeness (QED) is 0.887. The number of aromatic amines is 1. The van der Waals surface area contributed by atoms with Crippen molar-refractivity contribution in [2.75, 3.05) is 6.54 Å². The standard InChI is InChI=1S/C11H16N6O2S/c1-16-10(5-6-14-16)20(18,19)17-7-3-2-4-9(17)11-12-8-13-15-11/h5-6,8-9H,2-4,7H2,1H3,(H,12,13,15)/t9-/m0/s1. The number of H-pyrrole nitrogens is 1. The summed E-state index contributed by atoms with van der Waals surface area (Å²) in [6.07, 6.45) is 5.45. The Morgan fingerprint density at radius 3 is 2.90 bits per heavy atom. The first-order valence-electron chi connectivity index (χ1n) is 6.46. The first-order chi connectivity index (χ1) is 9.60. The average molecular weight is 296 g/mol. The highest BCUT2D eigenvalue weighted by Gasteiger charge is 2.37. The molecule has 108 valence electrons. The third-order valence-electron chi connectivity index (χ3n) is 3.55. The van der Waals surface area contributed by atoms with Crippen LogP contribution in [0.5, 0.6) is 0 Å². The number of rotatable bonds is 3. The van der Waals surface area contributed by atoms with Crippen molar-refractivity contribution >= 4 is 10.0 Å². The summed E-state index contributed by atoms with van der Waals surface area (Å²) in [5, 5.41) is 10.7. The second-order valence-electron chi connectivity index (χ2n) is 4.79. The molecule has 0 radical (unpaired) electrons. The minimum Gasteiger partial charge on any atom is -0.262 e. The van der Waals surface area contributed by atoms with E-state index in [0.717, 1.165) is 19.3 Å². The number of sulfonamides is 1. The molecule has 0 unspecified atom stereocenters. The molecule has 1 aliphatic rings. The normalized spacial score (nSPS) is 21.1. The van der Waals surface area contributed by atoms with Crippen molar-refractivity contribution in [3.05, 3.63) is 24.4 Å². The van der Waals surface area contributed by atoms with E-state index in [1.54, 1.807) is 7.05 Å². The minimum atomic E-state index is -3.58. The van der Waals surface area contributed by atoms with Gasteiger partial charge in [0.2, 0.25) is 0 Å². The molecule has 0 saturated carbocycles. The zero-order chi connectivity index (χ0) is 14.2. The summed E-state index contributed by atoms with van der Waals surface area (Å²) in [4.78, 5) is 4.11. The molecule has 1 aliphatic heterocycles. The monoisotopic (exact) mass is 296 g/mol. The van der Waals surface area contributed by atoms with Crippen LogP contribution in [-0.2, 0) is 17.1 Å².